The summed E-state index contributed by atoms with van der Waals surface area (Å²) in [4.78, 5) is 16.6. The van der Waals surface area contributed by atoms with E-state index >= 15 is 0 Å². The molecule has 1 fully saturated rings. The first-order valence-electron chi connectivity index (χ1n) is 5.26. The minimum absolute atomic E-state index is 0.00905. The van der Waals surface area contributed by atoms with Gasteiger partial charge in [-0.3, -0.25) is 0 Å². The largest absolute Gasteiger partial charge is 0.321 e. The Balaban J connectivity index is 2.11. The van der Waals surface area contributed by atoms with Gasteiger partial charge < -0.3 is 9.80 Å². The fourth-order valence-corrected chi connectivity index (χ4v) is 3.50. The molecule has 1 aromatic rings. The zero-order valence-electron chi connectivity index (χ0n) is 9.39. The van der Waals surface area contributed by atoms with Crippen LogP contribution in [-0.2, 0) is 0 Å². The van der Waals surface area contributed by atoms with Crippen LogP contribution in [0.15, 0.2) is 15.9 Å². The van der Waals surface area contributed by atoms with Crippen LogP contribution in [0, 0.1) is 11.3 Å². The van der Waals surface area contributed by atoms with Gasteiger partial charge in [0.2, 0.25) is 0 Å². The third-order valence-corrected chi connectivity index (χ3v) is 4.64. The molecule has 0 saturated carbocycles. The van der Waals surface area contributed by atoms with Gasteiger partial charge in [-0.2, -0.15) is 5.26 Å². The third-order valence-electron chi connectivity index (χ3n) is 2.84. The molecule has 1 aromatic heterocycles. The summed E-state index contributed by atoms with van der Waals surface area (Å²) < 4.78 is 1.05. The Labute approximate surface area is 113 Å². The summed E-state index contributed by atoms with van der Waals surface area (Å²) in [5.74, 6) is 0. The minimum Gasteiger partial charge on any atom is -0.321 e. The number of hydrogen-bond acceptors (Lipinski definition) is 3. The first-order valence-corrected chi connectivity index (χ1v) is 6.93. The van der Waals surface area contributed by atoms with E-state index in [0.29, 0.717) is 19.5 Å². The van der Waals surface area contributed by atoms with E-state index in [1.165, 1.54) is 4.88 Å². The molecule has 2 rings (SSSR count). The lowest BCUT2D eigenvalue weighted by Crippen LogP contribution is -2.30. The number of carbonyl (C=O) groups excluding carboxylic acids is 1. The first-order chi connectivity index (χ1) is 8.13. The van der Waals surface area contributed by atoms with Crippen molar-refractivity contribution in [3.63, 3.8) is 0 Å². The van der Waals surface area contributed by atoms with Crippen molar-refractivity contribution in [1.82, 2.24) is 9.80 Å². The van der Waals surface area contributed by atoms with Gasteiger partial charge in [0, 0.05) is 34.9 Å². The molecule has 0 aliphatic carbocycles. The molecular weight excluding hydrogens is 302 g/mol. The molecule has 4 nitrogen and oxygen atoms in total. The van der Waals surface area contributed by atoms with Crippen LogP contribution >= 0.6 is 27.3 Å². The second kappa shape index (κ2) is 5.07. The summed E-state index contributed by atoms with van der Waals surface area (Å²) in [7, 11) is 1.81. The lowest BCUT2D eigenvalue weighted by molar-refractivity contribution is 0.196. The molecule has 17 heavy (non-hydrogen) atoms. The average molecular weight is 314 g/mol. The number of likely N-dealkylation sites (N-methyl/N-ethyl adjacent to an activating group) is 1. The maximum Gasteiger partial charge on any atom is 0.320 e. The molecule has 1 aliphatic rings. The van der Waals surface area contributed by atoms with E-state index < -0.39 is 0 Å². The number of thiophene rings is 1. The number of urea groups is 1. The van der Waals surface area contributed by atoms with Gasteiger partial charge >= 0.3 is 6.03 Å². The van der Waals surface area contributed by atoms with Gasteiger partial charge in [-0.25, -0.2) is 4.79 Å². The van der Waals surface area contributed by atoms with Crippen LogP contribution in [-0.4, -0.2) is 36.0 Å². The summed E-state index contributed by atoms with van der Waals surface area (Å²) in [6.45, 7) is 1.19. The summed E-state index contributed by atoms with van der Waals surface area (Å²) in [6, 6.07) is 4.24. The molecule has 2 amide bonds. The number of halogens is 1. The molecular formula is C11H12BrN3OS. The van der Waals surface area contributed by atoms with Crippen molar-refractivity contribution in [1.29, 1.82) is 5.26 Å². The zero-order valence-corrected chi connectivity index (χ0v) is 11.8. The molecule has 0 N–H and O–H groups in total. The molecule has 90 valence electrons. The Kier molecular flexibility index (Phi) is 3.69. The van der Waals surface area contributed by atoms with Gasteiger partial charge in [0.1, 0.15) is 0 Å². The second-order valence-electron chi connectivity index (χ2n) is 3.93. The van der Waals surface area contributed by atoms with E-state index in [4.69, 9.17) is 5.26 Å². The molecule has 1 atom stereocenters. The number of carbonyl (C=O) groups is 1. The lowest BCUT2D eigenvalue weighted by Gasteiger charge is -2.15. The van der Waals surface area contributed by atoms with Gasteiger partial charge in [-0.15, -0.1) is 11.3 Å². The monoisotopic (exact) mass is 313 g/mol. The predicted octanol–water partition coefficient (Wildman–Crippen LogP) is 2.83. The SMILES string of the molecule is CN1C(=O)N(CCC#N)CC1c1cc(Br)cs1. The zero-order chi connectivity index (χ0) is 12.4. The Morgan fingerprint density at radius 1 is 1.71 bits per heavy atom. The van der Waals surface area contributed by atoms with Crippen molar-refractivity contribution in [2.45, 2.75) is 12.5 Å². The van der Waals surface area contributed by atoms with Crippen LogP contribution in [0.3, 0.4) is 0 Å². The van der Waals surface area contributed by atoms with Gasteiger partial charge in [0.15, 0.2) is 0 Å². The normalized spacial score (nSPS) is 19.8. The number of rotatable bonds is 3. The highest BCUT2D eigenvalue weighted by Gasteiger charge is 2.35. The van der Waals surface area contributed by atoms with Crippen LogP contribution in [0.5, 0.6) is 0 Å². The second-order valence-corrected chi connectivity index (χ2v) is 5.79. The Bertz CT molecular complexity index is 468. The quantitative estimate of drug-likeness (QED) is 0.861. The maximum absolute atomic E-state index is 11.9. The average Bonchev–Trinajstić information content (AvgIpc) is 2.84. The summed E-state index contributed by atoms with van der Waals surface area (Å²) >= 11 is 5.07. The van der Waals surface area contributed by atoms with Gasteiger partial charge in [0.05, 0.1) is 18.5 Å². The number of amides is 2. The van der Waals surface area contributed by atoms with E-state index in [0.717, 1.165) is 4.47 Å². The minimum atomic E-state index is 0.00905. The van der Waals surface area contributed by atoms with Crippen LogP contribution in [0.2, 0.25) is 0 Å². The van der Waals surface area contributed by atoms with Gasteiger partial charge in [-0.1, -0.05) is 0 Å². The van der Waals surface area contributed by atoms with E-state index in [2.05, 4.69) is 22.0 Å². The van der Waals surface area contributed by atoms with Crippen LogP contribution in [0.25, 0.3) is 0 Å². The van der Waals surface area contributed by atoms with Gasteiger partial charge in [-0.05, 0) is 22.0 Å². The van der Waals surface area contributed by atoms with Crippen molar-refractivity contribution in [2.75, 3.05) is 20.1 Å². The number of hydrogen-bond donors (Lipinski definition) is 0. The van der Waals surface area contributed by atoms with Crippen LogP contribution < -0.4 is 0 Å². The summed E-state index contributed by atoms with van der Waals surface area (Å²) in [5.41, 5.74) is 0. The number of nitriles is 1. The fourth-order valence-electron chi connectivity index (χ4n) is 1.92. The lowest BCUT2D eigenvalue weighted by atomic mass is 10.2. The Morgan fingerprint density at radius 3 is 3.06 bits per heavy atom. The Morgan fingerprint density at radius 2 is 2.47 bits per heavy atom. The third kappa shape index (κ3) is 2.45. The smallest absolute Gasteiger partial charge is 0.320 e. The number of nitrogens with zero attached hydrogens (tertiary/aromatic N) is 3. The molecule has 6 heteroatoms. The molecule has 1 unspecified atom stereocenters. The highest BCUT2D eigenvalue weighted by atomic mass is 79.9. The molecule has 1 saturated heterocycles. The molecule has 0 spiro atoms. The van der Waals surface area contributed by atoms with Crippen molar-refractivity contribution in [2.24, 2.45) is 0 Å². The molecule has 0 radical (unpaired) electrons. The fraction of sp³-hybridized carbons (Fsp3) is 0.455. The van der Waals surface area contributed by atoms with E-state index in [1.807, 2.05) is 18.5 Å². The summed E-state index contributed by atoms with van der Waals surface area (Å²) in [5, 5.41) is 10.6. The molecule has 0 bridgehead atoms. The molecule has 0 aromatic carbocycles. The standard InChI is InChI=1S/C11H12BrN3OS/c1-14-9(10-5-8(12)7-17-10)6-15(11(14)16)4-2-3-13/h5,7,9H,2,4,6H2,1H3. The van der Waals surface area contributed by atoms with Crippen molar-refractivity contribution in [3.05, 3.63) is 20.8 Å². The van der Waals surface area contributed by atoms with E-state index in [1.54, 1.807) is 21.1 Å². The van der Waals surface area contributed by atoms with E-state index in [9.17, 15) is 4.79 Å². The van der Waals surface area contributed by atoms with Crippen LogP contribution in [0.4, 0.5) is 4.79 Å². The maximum atomic E-state index is 11.9. The predicted molar refractivity (Wildman–Crippen MR) is 69.7 cm³/mol. The van der Waals surface area contributed by atoms with Crippen molar-refractivity contribution < 1.29 is 4.79 Å². The van der Waals surface area contributed by atoms with Crippen LogP contribution in [0.1, 0.15) is 17.3 Å². The molecule has 2 heterocycles. The van der Waals surface area contributed by atoms with E-state index in [-0.39, 0.29) is 12.1 Å². The van der Waals surface area contributed by atoms with Crippen molar-refractivity contribution in [3.8, 4) is 6.07 Å². The highest BCUT2D eigenvalue weighted by molar-refractivity contribution is 9.10. The highest BCUT2D eigenvalue weighted by Crippen LogP contribution is 2.33. The first kappa shape index (κ1) is 12.4. The van der Waals surface area contributed by atoms with Gasteiger partial charge in [0.25, 0.3) is 0 Å². The Hall–Kier alpha value is -1.06. The summed E-state index contributed by atoms with van der Waals surface area (Å²) in [6.07, 6.45) is 0.389. The molecule has 1 aliphatic heterocycles. The topological polar surface area (TPSA) is 47.3 Å². The van der Waals surface area contributed by atoms with Crippen molar-refractivity contribution >= 4 is 33.3 Å².